The van der Waals surface area contributed by atoms with Gasteiger partial charge in [-0.05, 0) is 42.7 Å². The molecule has 138 valence electrons. The van der Waals surface area contributed by atoms with Crippen LogP contribution in [0.5, 0.6) is 5.75 Å². The molecule has 1 aromatic heterocycles. The van der Waals surface area contributed by atoms with E-state index in [-0.39, 0.29) is 11.9 Å². The van der Waals surface area contributed by atoms with Gasteiger partial charge in [-0.2, -0.15) is 0 Å². The summed E-state index contributed by atoms with van der Waals surface area (Å²) in [6.07, 6.45) is 2.97. The van der Waals surface area contributed by atoms with Crippen LogP contribution < -0.4 is 15.0 Å². The number of halogens is 1. The maximum absolute atomic E-state index is 12.7. The number of aromatic nitrogens is 1. The number of nitrogens with one attached hydrogen (secondary N) is 1. The second kappa shape index (κ2) is 8.41. The van der Waals surface area contributed by atoms with Gasteiger partial charge in [-0.15, -0.1) is 0 Å². The average Bonchev–Trinajstić information content (AvgIpc) is 2.65. The van der Waals surface area contributed by atoms with Gasteiger partial charge in [0.15, 0.2) is 6.10 Å². The third kappa shape index (κ3) is 4.28. The number of anilines is 1. The summed E-state index contributed by atoms with van der Waals surface area (Å²) in [6, 6.07) is 11.8. The van der Waals surface area contributed by atoms with E-state index in [4.69, 9.17) is 16.3 Å². The summed E-state index contributed by atoms with van der Waals surface area (Å²) in [6.45, 7) is 5.27. The molecule has 1 aromatic carbocycles. The van der Waals surface area contributed by atoms with Crippen molar-refractivity contribution in [1.29, 1.82) is 0 Å². The van der Waals surface area contributed by atoms with Gasteiger partial charge in [0.05, 0.1) is 12.2 Å². The molecule has 0 saturated heterocycles. The number of rotatable bonds is 6. The number of nitrogens with zero attached hydrogens (tertiary/aromatic N) is 2. The van der Waals surface area contributed by atoms with Crippen LogP contribution >= 0.6 is 11.6 Å². The number of para-hydroxylation sites is 2. The van der Waals surface area contributed by atoms with Gasteiger partial charge in [-0.25, -0.2) is 4.98 Å². The first-order valence-corrected chi connectivity index (χ1v) is 9.40. The highest BCUT2D eigenvalue weighted by Gasteiger charge is 2.31. The van der Waals surface area contributed by atoms with Gasteiger partial charge in [-0.3, -0.25) is 4.79 Å². The molecule has 2 aromatic rings. The van der Waals surface area contributed by atoms with Crippen molar-refractivity contribution in [3.05, 3.63) is 53.3 Å². The third-order valence-electron chi connectivity index (χ3n) is 4.65. The molecular weight excluding hydrogens is 350 g/mol. The van der Waals surface area contributed by atoms with E-state index in [2.05, 4.69) is 29.0 Å². The SMILES string of the molecule is CCC(CC)NC(=O)C1CN(Cc2ccnc(Cl)c2)c2ccccc2O1. The number of carbonyl (C=O) groups is 1. The first kappa shape index (κ1) is 18.5. The van der Waals surface area contributed by atoms with E-state index < -0.39 is 6.10 Å². The normalized spacial score (nSPS) is 16.2. The predicted octanol–water partition coefficient (Wildman–Crippen LogP) is 3.81. The van der Waals surface area contributed by atoms with Crippen molar-refractivity contribution in [3.8, 4) is 5.75 Å². The number of carbonyl (C=O) groups excluding carboxylic acids is 1. The van der Waals surface area contributed by atoms with Gasteiger partial charge in [0.25, 0.3) is 5.91 Å². The highest BCUT2D eigenvalue weighted by Crippen LogP contribution is 2.34. The van der Waals surface area contributed by atoms with Crippen LogP contribution in [0.2, 0.25) is 5.15 Å². The Bertz CT molecular complexity index is 764. The molecular formula is C20H24ClN3O2. The molecule has 1 atom stereocenters. The molecule has 1 N–H and O–H groups in total. The van der Waals surface area contributed by atoms with Crippen LogP contribution in [0.15, 0.2) is 42.6 Å². The van der Waals surface area contributed by atoms with E-state index >= 15 is 0 Å². The molecule has 26 heavy (non-hydrogen) atoms. The summed E-state index contributed by atoms with van der Waals surface area (Å²) in [5.74, 6) is 0.662. The Balaban J connectivity index is 1.81. The Labute approximate surface area is 159 Å². The van der Waals surface area contributed by atoms with Gasteiger partial charge in [0.2, 0.25) is 0 Å². The van der Waals surface area contributed by atoms with Crippen molar-refractivity contribution in [2.45, 2.75) is 45.4 Å². The zero-order valence-electron chi connectivity index (χ0n) is 15.1. The fraction of sp³-hybridized carbons (Fsp3) is 0.400. The topological polar surface area (TPSA) is 54.5 Å². The number of hydrogen-bond acceptors (Lipinski definition) is 4. The Morgan fingerprint density at radius 3 is 2.85 bits per heavy atom. The molecule has 0 saturated carbocycles. The molecule has 5 nitrogen and oxygen atoms in total. The number of hydrogen-bond donors (Lipinski definition) is 1. The molecule has 0 fully saturated rings. The summed E-state index contributed by atoms with van der Waals surface area (Å²) in [7, 11) is 0. The van der Waals surface area contributed by atoms with Crippen LogP contribution in [0.3, 0.4) is 0 Å². The molecule has 1 amide bonds. The quantitative estimate of drug-likeness (QED) is 0.782. The van der Waals surface area contributed by atoms with Crippen molar-refractivity contribution in [2.24, 2.45) is 0 Å². The van der Waals surface area contributed by atoms with E-state index in [0.29, 0.717) is 18.2 Å². The van der Waals surface area contributed by atoms with Crippen LogP contribution in [0, 0.1) is 0 Å². The van der Waals surface area contributed by atoms with Crippen molar-refractivity contribution in [1.82, 2.24) is 10.3 Å². The average molecular weight is 374 g/mol. The van der Waals surface area contributed by atoms with Crippen LogP contribution in [0.1, 0.15) is 32.3 Å². The highest BCUT2D eigenvalue weighted by molar-refractivity contribution is 6.29. The first-order valence-electron chi connectivity index (χ1n) is 9.02. The minimum Gasteiger partial charge on any atom is -0.477 e. The van der Waals surface area contributed by atoms with E-state index in [1.54, 1.807) is 6.20 Å². The molecule has 6 heteroatoms. The van der Waals surface area contributed by atoms with E-state index in [0.717, 1.165) is 29.8 Å². The molecule has 0 spiro atoms. The van der Waals surface area contributed by atoms with Crippen molar-refractivity contribution in [2.75, 3.05) is 11.4 Å². The number of ether oxygens (including phenoxy) is 1. The lowest BCUT2D eigenvalue weighted by Gasteiger charge is -2.36. The van der Waals surface area contributed by atoms with Crippen molar-refractivity contribution in [3.63, 3.8) is 0 Å². The zero-order chi connectivity index (χ0) is 18.5. The van der Waals surface area contributed by atoms with Gasteiger partial charge in [0, 0.05) is 18.8 Å². The molecule has 1 unspecified atom stereocenters. The predicted molar refractivity (Wildman–Crippen MR) is 104 cm³/mol. The summed E-state index contributed by atoms with van der Waals surface area (Å²) < 4.78 is 5.98. The van der Waals surface area contributed by atoms with Crippen LogP contribution in [0.25, 0.3) is 0 Å². The van der Waals surface area contributed by atoms with E-state index in [1.165, 1.54) is 0 Å². The monoisotopic (exact) mass is 373 g/mol. The van der Waals surface area contributed by atoms with E-state index in [9.17, 15) is 4.79 Å². The summed E-state index contributed by atoms with van der Waals surface area (Å²) in [4.78, 5) is 18.9. The molecule has 0 radical (unpaired) electrons. The highest BCUT2D eigenvalue weighted by atomic mass is 35.5. The molecule has 0 bridgehead atoms. The minimum atomic E-state index is -0.539. The second-order valence-electron chi connectivity index (χ2n) is 6.46. The maximum atomic E-state index is 12.7. The molecule has 1 aliphatic heterocycles. The standard InChI is InChI=1S/C20H24ClN3O2/c1-3-15(4-2)23-20(25)18-13-24(12-14-9-10-22-19(21)11-14)16-7-5-6-8-17(16)26-18/h5-11,15,18H,3-4,12-13H2,1-2H3,(H,23,25). The second-order valence-corrected chi connectivity index (χ2v) is 6.85. The lowest BCUT2D eigenvalue weighted by molar-refractivity contribution is -0.128. The molecule has 1 aliphatic rings. The van der Waals surface area contributed by atoms with Gasteiger partial charge >= 0.3 is 0 Å². The lowest BCUT2D eigenvalue weighted by Crippen LogP contribution is -2.50. The molecule has 2 heterocycles. The summed E-state index contributed by atoms with van der Waals surface area (Å²) in [5.41, 5.74) is 2.02. The van der Waals surface area contributed by atoms with Gasteiger partial charge < -0.3 is 15.0 Å². The van der Waals surface area contributed by atoms with Crippen molar-refractivity contribution < 1.29 is 9.53 Å². The van der Waals surface area contributed by atoms with Crippen LogP contribution in [0.4, 0.5) is 5.69 Å². The van der Waals surface area contributed by atoms with Crippen LogP contribution in [-0.4, -0.2) is 29.6 Å². The van der Waals surface area contributed by atoms with Crippen molar-refractivity contribution >= 4 is 23.2 Å². The Morgan fingerprint density at radius 2 is 2.12 bits per heavy atom. The third-order valence-corrected chi connectivity index (χ3v) is 4.86. The van der Waals surface area contributed by atoms with E-state index in [1.807, 2.05) is 36.4 Å². The smallest absolute Gasteiger partial charge is 0.263 e. The number of pyridine rings is 1. The maximum Gasteiger partial charge on any atom is 0.263 e. The fourth-order valence-corrected chi connectivity index (χ4v) is 3.34. The zero-order valence-corrected chi connectivity index (χ0v) is 15.9. The number of amides is 1. The number of benzene rings is 1. The lowest BCUT2D eigenvalue weighted by atomic mass is 10.1. The van der Waals surface area contributed by atoms with Gasteiger partial charge in [-0.1, -0.05) is 37.6 Å². The first-order chi connectivity index (χ1) is 12.6. The largest absolute Gasteiger partial charge is 0.477 e. The summed E-state index contributed by atoms with van der Waals surface area (Å²) >= 11 is 6.01. The van der Waals surface area contributed by atoms with Gasteiger partial charge in [0.1, 0.15) is 10.9 Å². The summed E-state index contributed by atoms with van der Waals surface area (Å²) in [5, 5.41) is 3.55. The molecule has 3 rings (SSSR count). The number of fused-ring (bicyclic) bond motifs is 1. The Morgan fingerprint density at radius 1 is 1.35 bits per heavy atom. The van der Waals surface area contributed by atoms with Crippen LogP contribution in [-0.2, 0) is 11.3 Å². The Kier molecular flexibility index (Phi) is 5.99. The minimum absolute atomic E-state index is 0.0639. The Hall–Kier alpha value is -2.27. The fourth-order valence-electron chi connectivity index (χ4n) is 3.14. The molecule has 0 aliphatic carbocycles.